The minimum Gasteiger partial charge on any atom is -0.378 e. The highest BCUT2D eigenvalue weighted by atomic mass is 32.2. The van der Waals surface area contributed by atoms with Crippen LogP contribution in [0.3, 0.4) is 0 Å². The van der Waals surface area contributed by atoms with E-state index in [1.54, 1.807) is 0 Å². The minimum atomic E-state index is 0.513. The third-order valence-electron chi connectivity index (χ3n) is 4.30. The van der Waals surface area contributed by atoms with Gasteiger partial charge < -0.3 is 4.74 Å². The molecule has 18 heavy (non-hydrogen) atoms. The molecule has 2 aliphatic heterocycles. The molecule has 0 aromatic heterocycles. The Morgan fingerprint density at radius 3 is 2.78 bits per heavy atom. The topological polar surface area (TPSA) is 47.3 Å². The van der Waals surface area contributed by atoms with Crippen molar-refractivity contribution in [1.82, 2.24) is 5.43 Å². The lowest BCUT2D eigenvalue weighted by molar-refractivity contribution is 0.101. The quantitative estimate of drug-likeness (QED) is 0.552. The van der Waals surface area contributed by atoms with Crippen LogP contribution in [0.4, 0.5) is 0 Å². The summed E-state index contributed by atoms with van der Waals surface area (Å²) in [6.45, 7) is 0.975. The molecule has 3 N–H and O–H groups in total. The van der Waals surface area contributed by atoms with Crippen molar-refractivity contribution in [1.29, 1.82) is 0 Å². The zero-order valence-electron chi connectivity index (χ0n) is 11.4. The van der Waals surface area contributed by atoms with E-state index in [1.165, 1.54) is 62.9 Å². The third kappa shape index (κ3) is 5.08. The van der Waals surface area contributed by atoms with Crippen LogP contribution in [0.2, 0.25) is 0 Å². The van der Waals surface area contributed by atoms with Crippen LogP contribution in [0.15, 0.2) is 0 Å². The van der Waals surface area contributed by atoms with E-state index in [1.807, 2.05) is 0 Å². The average molecular weight is 272 g/mol. The van der Waals surface area contributed by atoms with Crippen molar-refractivity contribution in [2.45, 2.75) is 63.5 Å². The summed E-state index contributed by atoms with van der Waals surface area (Å²) in [5.41, 5.74) is 3.03. The van der Waals surface area contributed by atoms with E-state index in [0.29, 0.717) is 12.1 Å². The van der Waals surface area contributed by atoms with Gasteiger partial charge in [0, 0.05) is 12.6 Å². The first-order valence-corrected chi connectivity index (χ1v) is 8.69. The first kappa shape index (κ1) is 14.6. The Hall–Kier alpha value is 0.230. The number of nitrogens with two attached hydrogens (primary N) is 1. The molecule has 0 saturated carbocycles. The first-order valence-electron chi connectivity index (χ1n) is 7.54. The summed E-state index contributed by atoms with van der Waals surface area (Å²) >= 11 is 2.10. The van der Waals surface area contributed by atoms with Gasteiger partial charge in [-0.05, 0) is 68.8 Å². The summed E-state index contributed by atoms with van der Waals surface area (Å²) in [5.74, 6) is 9.29. The highest BCUT2D eigenvalue weighted by Gasteiger charge is 2.19. The van der Waals surface area contributed by atoms with Crippen LogP contribution in [0, 0.1) is 5.92 Å². The molecule has 0 aliphatic carbocycles. The van der Waals surface area contributed by atoms with Crippen molar-refractivity contribution in [3.05, 3.63) is 0 Å². The molecule has 0 aromatic carbocycles. The van der Waals surface area contributed by atoms with Gasteiger partial charge in [-0.15, -0.1) is 0 Å². The van der Waals surface area contributed by atoms with Gasteiger partial charge in [0.15, 0.2) is 0 Å². The third-order valence-corrected chi connectivity index (χ3v) is 5.35. The minimum absolute atomic E-state index is 0.513. The summed E-state index contributed by atoms with van der Waals surface area (Å²) in [5, 5.41) is 0. The van der Waals surface area contributed by atoms with Crippen LogP contribution >= 0.6 is 11.8 Å². The molecule has 4 heteroatoms. The molecule has 2 saturated heterocycles. The average Bonchev–Trinajstić information content (AvgIpc) is 2.92. The second-order valence-corrected chi connectivity index (χ2v) is 6.95. The smallest absolute Gasteiger partial charge is 0.0576 e. The molecule has 2 unspecified atom stereocenters. The maximum Gasteiger partial charge on any atom is 0.0576 e. The van der Waals surface area contributed by atoms with Gasteiger partial charge in [-0.3, -0.25) is 11.3 Å². The van der Waals surface area contributed by atoms with Crippen LogP contribution in [0.25, 0.3) is 0 Å². The molecule has 0 radical (unpaired) electrons. The Morgan fingerprint density at radius 2 is 2.11 bits per heavy atom. The summed E-state index contributed by atoms with van der Waals surface area (Å²) in [6, 6.07) is 0.513. The Kier molecular flexibility index (Phi) is 6.84. The maximum atomic E-state index is 5.70. The van der Waals surface area contributed by atoms with Gasteiger partial charge in [-0.2, -0.15) is 11.8 Å². The van der Waals surface area contributed by atoms with Crippen molar-refractivity contribution < 1.29 is 4.74 Å². The first-order chi connectivity index (χ1) is 8.88. The van der Waals surface area contributed by atoms with E-state index < -0.39 is 0 Å². The molecule has 0 amide bonds. The molecule has 3 nitrogen and oxygen atoms in total. The van der Waals surface area contributed by atoms with Gasteiger partial charge in [0.1, 0.15) is 0 Å². The second kappa shape index (κ2) is 8.41. The van der Waals surface area contributed by atoms with Gasteiger partial charge in [-0.25, -0.2) is 0 Å². The molecule has 2 fully saturated rings. The Morgan fingerprint density at radius 1 is 1.28 bits per heavy atom. The standard InChI is InChI=1S/C14H28N2OS/c15-16-13(11-12-6-9-18-10-7-12)3-1-4-14-5-2-8-17-14/h12-14,16H,1-11,15H2. The van der Waals surface area contributed by atoms with Crippen LogP contribution in [-0.2, 0) is 4.74 Å². The number of nitrogens with one attached hydrogen (secondary N) is 1. The summed E-state index contributed by atoms with van der Waals surface area (Å²) in [6.07, 6.45) is 10.8. The predicted molar refractivity (Wildman–Crippen MR) is 78.6 cm³/mol. The van der Waals surface area contributed by atoms with Gasteiger partial charge >= 0.3 is 0 Å². The van der Waals surface area contributed by atoms with Crippen molar-refractivity contribution in [2.75, 3.05) is 18.1 Å². The van der Waals surface area contributed by atoms with Crippen LogP contribution in [0.1, 0.15) is 51.4 Å². The van der Waals surface area contributed by atoms with Crippen LogP contribution < -0.4 is 11.3 Å². The molecule has 2 rings (SSSR count). The Balaban J connectivity index is 1.58. The lowest BCUT2D eigenvalue weighted by Crippen LogP contribution is -2.37. The van der Waals surface area contributed by atoms with Crippen LogP contribution in [-0.4, -0.2) is 30.3 Å². The molecule has 106 valence electrons. The number of hydrogen-bond acceptors (Lipinski definition) is 4. The largest absolute Gasteiger partial charge is 0.378 e. The normalized spacial score (nSPS) is 27.5. The highest BCUT2D eigenvalue weighted by Crippen LogP contribution is 2.27. The van der Waals surface area contributed by atoms with E-state index >= 15 is 0 Å². The summed E-state index contributed by atoms with van der Waals surface area (Å²) in [4.78, 5) is 0. The molecule has 0 aromatic rings. The molecule has 0 spiro atoms. The van der Waals surface area contributed by atoms with Gasteiger partial charge in [-0.1, -0.05) is 0 Å². The molecule has 0 bridgehead atoms. The van der Waals surface area contributed by atoms with E-state index in [-0.39, 0.29) is 0 Å². The number of hydrazine groups is 1. The predicted octanol–water partition coefficient (Wildman–Crippen LogP) is 2.70. The highest BCUT2D eigenvalue weighted by molar-refractivity contribution is 7.99. The van der Waals surface area contributed by atoms with E-state index in [2.05, 4.69) is 17.2 Å². The molecular formula is C14H28N2OS. The van der Waals surface area contributed by atoms with E-state index in [9.17, 15) is 0 Å². The molecule has 2 heterocycles. The number of rotatable bonds is 7. The molecule has 2 aliphatic rings. The lowest BCUT2D eigenvalue weighted by Gasteiger charge is -2.26. The van der Waals surface area contributed by atoms with Crippen molar-refractivity contribution in [3.63, 3.8) is 0 Å². The summed E-state index contributed by atoms with van der Waals surface area (Å²) in [7, 11) is 0. The van der Waals surface area contributed by atoms with E-state index in [4.69, 9.17) is 10.6 Å². The van der Waals surface area contributed by atoms with Crippen molar-refractivity contribution in [2.24, 2.45) is 11.8 Å². The van der Waals surface area contributed by atoms with Crippen LogP contribution in [0.5, 0.6) is 0 Å². The molecular weight excluding hydrogens is 244 g/mol. The second-order valence-electron chi connectivity index (χ2n) is 5.72. The zero-order valence-corrected chi connectivity index (χ0v) is 12.2. The molecule has 2 atom stereocenters. The van der Waals surface area contributed by atoms with Gasteiger partial charge in [0.25, 0.3) is 0 Å². The fourth-order valence-corrected chi connectivity index (χ4v) is 4.32. The Bertz CT molecular complexity index is 216. The number of hydrogen-bond donors (Lipinski definition) is 2. The van der Waals surface area contributed by atoms with Gasteiger partial charge in [0.05, 0.1) is 6.10 Å². The number of thioether (sulfide) groups is 1. The monoisotopic (exact) mass is 272 g/mol. The van der Waals surface area contributed by atoms with Gasteiger partial charge in [0.2, 0.25) is 0 Å². The van der Waals surface area contributed by atoms with E-state index in [0.717, 1.165) is 12.5 Å². The zero-order chi connectivity index (χ0) is 12.6. The fourth-order valence-electron chi connectivity index (χ4n) is 3.12. The number of ether oxygens (including phenoxy) is 1. The SMILES string of the molecule is NNC(CCCC1CCCO1)CC1CCSCC1. The van der Waals surface area contributed by atoms with Crippen molar-refractivity contribution in [3.8, 4) is 0 Å². The van der Waals surface area contributed by atoms with Crippen molar-refractivity contribution >= 4 is 11.8 Å². The Labute approximate surface area is 116 Å². The lowest BCUT2D eigenvalue weighted by atomic mass is 9.92. The summed E-state index contributed by atoms with van der Waals surface area (Å²) < 4.78 is 5.66. The fraction of sp³-hybridized carbons (Fsp3) is 1.00. The maximum absolute atomic E-state index is 5.70.